The van der Waals surface area contributed by atoms with Crippen LogP contribution in [-0.4, -0.2) is 0 Å². The van der Waals surface area contributed by atoms with Gasteiger partial charge in [0.2, 0.25) is 0 Å². The molecule has 0 aliphatic carbocycles. The number of hydrogen-bond acceptors (Lipinski definition) is 0. The quantitative estimate of drug-likeness (QED) is 0.0833. The Morgan fingerprint density at radius 3 is 0.739 bits per heavy atom. The molecule has 4 nitrogen and oxygen atoms in total. The van der Waals surface area contributed by atoms with Gasteiger partial charge in [-0.2, -0.15) is 47.0 Å². The van der Waals surface area contributed by atoms with Crippen LogP contribution >= 0.6 is 15.8 Å². The van der Waals surface area contributed by atoms with Gasteiger partial charge < -0.3 is 0 Å². The first-order chi connectivity index (χ1) is 21.9. The molecule has 0 atom stereocenters. The molecule has 0 unspecified atom stereocenters. The molecular formula is C38H28FeO4P2W. The Bertz CT molecular complexity index is 1390. The van der Waals surface area contributed by atoms with E-state index in [-0.39, 0.29) is 38.1 Å². The van der Waals surface area contributed by atoms with Crippen molar-refractivity contribution in [1.29, 1.82) is 0 Å². The molecule has 0 saturated heterocycles. The van der Waals surface area contributed by atoms with Crippen molar-refractivity contribution in [2.24, 2.45) is 0 Å². The predicted octanol–water partition coefficient (Wildman–Crippen LogP) is 6.17. The zero-order valence-electron chi connectivity index (χ0n) is 24.5. The fourth-order valence-electron chi connectivity index (χ4n) is 4.23. The summed E-state index contributed by atoms with van der Waals surface area (Å²) in [6, 6.07) is 60.5. The topological polar surface area (TPSA) is 79.6 Å². The van der Waals surface area contributed by atoms with E-state index in [0.717, 1.165) is 0 Å². The molecule has 6 aromatic rings. The van der Waals surface area contributed by atoms with Gasteiger partial charge in [-0.25, -0.2) is 12.1 Å². The first-order valence-electron chi connectivity index (χ1n) is 13.0. The Balaban J connectivity index is 0. The van der Waals surface area contributed by atoms with Crippen LogP contribution in [0.4, 0.5) is 0 Å². The minimum absolute atomic E-state index is 0. The van der Waals surface area contributed by atoms with Crippen LogP contribution < -0.4 is 31.8 Å². The van der Waals surface area contributed by atoms with Crippen LogP contribution in [0.1, 0.15) is 0 Å². The van der Waals surface area contributed by atoms with Crippen LogP contribution in [0.15, 0.2) is 170 Å². The van der Waals surface area contributed by atoms with E-state index in [9.17, 15) is 0 Å². The second-order valence-electron chi connectivity index (χ2n) is 8.30. The van der Waals surface area contributed by atoms with Gasteiger partial charge in [-0.1, -0.05) is 137 Å². The average molecular weight is 850 g/mol. The van der Waals surface area contributed by atoms with Crippen molar-refractivity contribution in [3.8, 4) is 0 Å². The molecule has 228 valence electrons. The van der Waals surface area contributed by atoms with E-state index in [4.69, 9.17) is 18.6 Å². The molecule has 0 aromatic heterocycles. The number of benzene rings is 4. The van der Waals surface area contributed by atoms with E-state index in [0.29, 0.717) is 0 Å². The average Bonchev–Trinajstić information content (AvgIpc) is 3.87. The maximum absolute atomic E-state index is 7.50. The maximum atomic E-state index is 7.50. The fourth-order valence-corrected chi connectivity index (χ4v) is 8.84. The molecule has 0 spiro atoms. The second-order valence-corrected chi connectivity index (χ2v) is 12.7. The number of rotatable bonds is 6. The predicted molar refractivity (Wildman–Crippen MR) is 177 cm³/mol. The Morgan fingerprint density at radius 2 is 0.565 bits per heavy atom. The smallest absolute Gasteiger partial charge is 0.206 e. The van der Waals surface area contributed by atoms with Crippen molar-refractivity contribution in [2.45, 2.75) is 0 Å². The van der Waals surface area contributed by atoms with Gasteiger partial charge in [0.15, 0.2) is 0 Å². The largest absolute Gasteiger partial charge is 2.00 e. The standard InChI is InChI=1S/2C17H14P.4CO.Fe.W/c2*1-3-9-15(10-4-1)18(17-13-7-8-14-17)16-11-5-2-6-12-16;4*1-2;;/h2*1-14H;;;;;;/q2*-1;;;;;+2;. The Hall–Kier alpha value is -3.39. The van der Waals surface area contributed by atoms with E-state index in [1.165, 1.54) is 31.8 Å². The maximum Gasteiger partial charge on any atom is 2.00 e. The van der Waals surface area contributed by atoms with Crippen LogP contribution in [0.2, 0.25) is 0 Å². The summed E-state index contributed by atoms with van der Waals surface area (Å²) < 4.78 is 30.0. The van der Waals surface area contributed by atoms with E-state index < -0.39 is 15.8 Å². The normalized spacial score (nSPS) is 8.57. The fraction of sp³-hybridized carbons (Fsp3) is 0. The SMILES string of the molecule is [C-]#[O+].[C-]#[O+].[C-]#[O+].[C-]#[O+].[Fe+2].[W].c1ccc(P(c2ccccc2)c2cc[cH-]c2)cc1.c1ccc(P(c2ccccc2)c2cc[cH-]c2)cc1. The van der Waals surface area contributed by atoms with Crippen molar-refractivity contribution in [1.82, 2.24) is 0 Å². The van der Waals surface area contributed by atoms with E-state index in [1.807, 2.05) is 0 Å². The first kappa shape index (κ1) is 44.7. The zero-order valence-corrected chi connectivity index (χ0v) is 30.3. The third kappa shape index (κ3) is 14.4. The third-order valence-electron chi connectivity index (χ3n) is 5.86. The molecule has 46 heavy (non-hydrogen) atoms. The van der Waals surface area contributed by atoms with Gasteiger partial charge in [0.25, 0.3) is 0 Å². The van der Waals surface area contributed by atoms with Gasteiger partial charge in [-0.05, 0) is 21.2 Å². The Labute approximate surface area is 299 Å². The van der Waals surface area contributed by atoms with Gasteiger partial charge in [-0.15, -0.1) is 0 Å². The Morgan fingerprint density at radius 1 is 0.348 bits per heavy atom. The van der Waals surface area contributed by atoms with Crippen LogP contribution in [-0.2, 0) is 56.7 Å². The molecule has 0 amide bonds. The molecule has 0 N–H and O–H groups in total. The molecule has 0 aliphatic heterocycles. The van der Waals surface area contributed by atoms with Crippen LogP contribution in [0.25, 0.3) is 0 Å². The molecular weight excluding hydrogens is 822 g/mol. The summed E-state index contributed by atoms with van der Waals surface area (Å²) in [7, 11) is -0.818. The van der Waals surface area contributed by atoms with Crippen molar-refractivity contribution < 1.29 is 56.7 Å². The summed E-state index contributed by atoms with van der Waals surface area (Å²) in [6.07, 6.45) is 0. The summed E-state index contributed by atoms with van der Waals surface area (Å²) in [6.45, 7) is 18.0. The second kappa shape index (κ2) is 29.0. The van der Waals surface area contributed by atoms with Crippen LogP contribution in [0, 0.1) is 26.6 Å². The van der Waals surface area contributed by atoms with Gasteiger partial charge in [-0.3, -0.25) is 0 Å². The third-order valence-corrected chi connectivity index (χ3v) is 10.8. The number of hydrogen-bond donors (Lipinski definition) is 0. The summed E-state index contributed by atoms with van der Waals surface area (Å²) in [5, 5.41) is 8.47. The zero-order chi connectivity index (χ0) is 32.4. The first-order valence-corrected chi connectivity index (χ1v) is 15.6. The molecule has 0 radical (unpaired) electrons. The molecule has 0 heterocycles. The van der Waals surface area contributed by atoms with Gasteiger partial charge >= 0.3 is 62.3 Å². The van der Waals surface area contributed by atoms with Crippen LogP contribution in [0.3, 0.4) is 0 Å². The summed E-state index contributed by atoms with van der Waals surface area (Å²) in [5.41, 5.74) is 0. The minimum atomic E-state index is -0.409. The van der Waals surface area contributed by atoms with Crippen molar-refractivity contribution in [3.05, 3.63) is 196 Å². The summed E-state index contributed by atoms with van der Waals surface area (Å²) >= 11 is 0. The molecule has 6 rings (SSSR count). The summed E-state index contributed by atoms with van der Waals surface area (Å²) in [5.74, 6) is 0. The van der Waals surface area contributed by atoms with Crippen molar-refractivity contribution in [2.75, 3.05) is 0 Å². The van der Waals surface area contributed by atoms with Crippen molar-refractivity contribution >= 4 is 47.7 Å². The molecule has 0 aliphatic rings. The van der Waals surface area contributed by atoms with E-state index >= 15 is 0 Å². The van der Waals surface area contributed by atoms with Crippen LogP contribution in [0.5, 0.6) is 0 Å². The molecule has 0 bridgehead atoms. The Kier molecular flexibility index (Phi) is 28.2. The van der Waals surface area contributed by atoms with E-state index in [1.54, 1.807) is 0 Å². The molecule has 0 saturated carbocycles. The molecule has 0 fully saturated rings. The van der Waals surface area contributed by atoms with E-state index in [2.05, 4.69) is 196 Å². The van der Waals surface area contributed by atoms with Crippen molar-refractivity contribution in [3.63, 3.8) is 0 Å². The monoisotopic (exact) mass is 850 g/mol. The minimum Gasteiger partial charge on any atom is -0.206 e. The van der Waals surface area contributed by atoms with Gasteiger partial charge in [0.1, 0.15) is 0 Å². The molecule has 8 heteroatoms. The van der Waals surface area contributed by atoms with Gasteiger partial charge in [0, 0.05) is 21.1 Å². The van der Waals surface area contributed by atoms with Gasteiger partial charge in [0.05, 0.1) is 0 Å². The molecule has 6 aromatic carbocycles. The summed E-state index contributed by atoms with van der Waals surface area (Å²) in [4.78, 5) is 0.